The number of nitrogens with zero attached hydrogens (tertiary/aromatic N) is 7. The van der Waals surface area contributed by atoms with Crippen LogP contribution in [0.15, 0.2) is 61.1 Å². The van der Waals surface area contributed by atoms with Crippen molar-refractivity contribution in [3.63, 3.8) is 0 Å². The molecule has 234 valence electrons. The van der Waals surface area contributed by atoms with E-state index in [1.807, 2.05) is 34.7 Å². The van der Waals surface area contributed by atoms with Crippen molar-refractivity contribution in [2.45, 2.75) is 31.5 Å². The third-order valence-corrected chi connectivity index (χ3v) is 8.60. The molecule has 10 nitrogen and oxygen atoms in total. The molecule has 13 heteroatoms. The van der Waals surface area contributed by atoms with E-state index in [2.05, 4.69) is 15.0 Å². The van der Waals surface area contributed by atoms with Gasteiger partial charge in [0.05, 0.1) is 23.4 Å². The number of carbonyl (C=O) groups is 2. The summed E-state index contributed by atoms with van der Waals surface area (Å²) in [6.45, 7) is 2.13. The topological polar surface area (TPSA) is 123 Å². The number of likely N-dealkylation sites (N-methyl/N-ethyl adjacent to an activating group) is 1. The summed E-state index contributed by atoms with van der Waals surface area (Å²) in [5.74, 6) is 0.698. The third-order valence-electron chi connectivity index (χ3n) is 8.60. The number of benzene rings is 1. The van der Waals surface area contributed by atoms with Crippen molar-refractivity contribution in [2.75, 3.05) is 39.5 Å². The van der Waals surface area contributed by atoms with Crippen LogP contribution in [0, 0.1) is 11.8 Å². The number of hydrogen-bond donors (Lipinski definition) is 1. The fourth-order valence-corrected chi connectivity index (χ4v) is 6.40. The van der Waals surface area contributed by atoms with E-state index >= 15 is 0 Å². The Balaban J connectivity index is 1.19. The number of nitrogen functional groups attached to an aromatic ring is 1. The van der Waals surface area contributed by atoms with Crippen LogP contribution in [0.1, 0.15) is 40.5 Å². The molecule has 45 heavy (non-hydrogen) atoms. The lowest BCUT2D eigenvalue weighted by Crippen LogP contribution is -2.28. The zero-order valence-electron chi connectivity index (χ0n) is 24.9. The minimum Gasteiger partial charge on any atom is -0.383 e. The number of ketones is 1. The van der Waals surface area contributed by atoms with Gasteiger partial charge in [0.2, 0.25) is 5.91 Å². The molecule has 2 unspecified atom stereocenters. The Hall–Kier alpha value is -4.65. The fraction of sp³-hybridized carbons (Fsp3) is 0.375. The Morgan fingerprint density at radius 3 is 2.42 bits per heavy atom. The van der Waals surface area contributed by atoms with Crippen molar-refractivity contribution in [1.29, 1.82) is 0 Å². The Labute approximate surface area is 257 Å². The molecule has 2 fully saturated rings. The average Bonchev–Trinajstić information content (AvgIpc) is 3.69. The number of alkyl halides is 3. The number of anilines is 1. The molecule has 2 aliphatic rings. The lowest BCUT2D eigenvalue weighted by atomic mass is 10.0. The van der Waals surface area contributed by atoms with E-state index < -0.39 is 11.7 Å². The molecule has 1 amide bonds. The molecular weight excluding hydrogens is 585 g/mol. The van der Waals surface area contributed by atoms with Gasteiger partial charge in [-0.3, -0.25) is 14.6 Å². The summed E-state index contributed by atoms with van der Waals surface area (Å²) in [5.41, 5.74) is 7.76. The van der Waals surface area contributed by atoms with E-state index in [0.29, 0.717) is 59.3 Å². The number of halogens is 3. The van der Waals surface area contributed by atoms with Crippen molar-refractivity contribution < 1.29 is 22.8 Å². The van der Waals surface area contributed by atoms with E-state index in [9.17, 15) is 22.8 Å². The first-order chi connectivity index (χ1) is 21.5. The molecule has 4 aromatic rings. The normalized spacial score (nSPS) is 20.0. The van der Waals surface area contributed by atoms with Crippen LogP contribution in [-0.2, 0) is 17.4 Å². The molecule has 1 saturated heterocycles. The van der Waals surface area contributed by atoms with Crippen LogP contribution in [-0.4, -0.2) is 80.0 Å². The zero-order chi connectivity index (χ0) is 31.9. The summed E-state index contributed by atoms with van der Waals surface area (Å²) in [6.07, 6.45) is 2.95. The van der Waals surface area contributed by atoms with Crippen LogP contribution in [0.2, 0.25) is 0 Å². The second-order valence-corrected chi connectivity index (χ2v) is 12.0. The van der Waals surface area contributed by atoms with Gasteiger partial charge in [0.15, 0.2) is 11.4 Å². The summed E-state index contributed by atoms with van der Waals surface area (Å²) in [4.78, 5) is 42.2. The Morgan fingerprint density at radius 2 is 1.76 bits per heavy atom. The summed E-state index contributed by atoms with van der Waals surface area (Å²) in [6, 6.07) is 8.56. The maximum absolute atomic E-state index is 13.1. The number of nitrogens with two attached hydrogens (primary N) is 1. The fourth-order valence-electron chi connectivity index (χ4n) is 6.40. The van der Waals surface area contributed by atoms with E-state index in [1.165, 1.54) is 6.33 Å². The summed E-state index contributed by atoms with van der Waals surface area (Å²) < 4.78 is 41.2. The van der Waals surface area contributed by atoms with E-state index in [-0.39, 0.29) is 35.7 Å². The van der Waals surface area contributed by atoms with Gasteiger partial charge < -0.3 is 15.5 Å². The molecule has 0 bridgehead atoms. The monoisotopic (exact) mass is 618 g/mol. The van der Waals surface area contributed by atoms with Crippen LogP contribution in [0.25, 0.3) is 22.3 Å². The van der Waals surface area contributed by atoms with E-state index in [0.717, 1.165) is 31.2 Å². The van der Waals surface area contributed by atoms with Gasteiger partial charge in [-0.05, 0) is 50.9 Å². The van der Waals surface area contributed by atoms with E-state index in [4.69, 9.17) is 10.8 Å². The number of likely N-dealkylation sites (tertiary alicyclic amines) is 1. The van der Waals surface area contributed by atoms with Gasteiger partial charge in [-0.25, -0.2) is 14.6 Å². The molecule has 6 rings (SSSR count). The number of aromatic nitrogens is 5. The molecule has 1 aromatic carbocycles. The summed E-state index contributed by atoms with van der Waals surface area (Å²) in [5, 5.41) is 5.57. The van der Waals surface area contributed by atoms with Gasteiger partial charge in [-0.2, -0.15) is 18.3 Å². The number of carbonyl (C=O) groups excluding carboxylic acids is 2. The first-order valence-corrected chi connectivity index (χ1v) is 14.7. The lowest BCUT2D eigenvalue weighted by molar-refractivity contribution is -0.137. The summed E-state index contributed by atoms with van der Waals surface area (Å²) in [7, 11) is 3.92. The maximum Gasteiger partial charge on any atom is 0.416 e. The highest BCUT2D eigenvalue weighted by atomic mass is 19.4. The second kappa shape index (κ2) is 12.0. The molecule has 3 aromatic heterocycles. The SMILES string of the molecule is CN(C)C/C=C/C(=O)N1CC2CC(n3nc(-c4ccc(C(=O)Cc5cc(C(F)(F)F)ccn5)cc4)c4c(N)ncnc43)CC2C1. The van der Waals surface area contributed by atoms with Gasteiger partial charge in [-0.15, -0.1) is 0 Å². The smallest absolute Gasteiger partial charge is 0.383 e. The highest BCUT2D eigenvalue weighted by molar-refractivity contribution is 6.00. The van der Waals surface area contributed by atoms with Crippen LogP contribution in [0.5, 0.6) is 0 Å². The van der Waals surface area contributed by atoms with E-state index in [1.54, 1.807) is 30.3 Å². The number of amides is 1. The molecule has 4 heterocycles. The molecular formula is C32H33F3N8O2. The number of rotatable bonds is 8. The molecule has 1 aliphatic carbocycles. The maximum atomic E-state index is 13.1. The molecule has 0 spiro atoms. The predicted molar refractivity (Wildman–Crippen MR) is 162 cm³/mol. The van der Waals surface area contributed by atoms with Gasteiger partial charge in [0.25, 0.3) is 0 Å². The molecule has 0 radical (unpaired) electrons. The standard InChI is InChI=1S/C32H33F3N8O2/c1-41(2)11-3-4-27(45)42-16-21-12-25(13-22(21)17-42)43-31-28(30(36)38-18-39-31)29(40-43)20-7-5-19(6-8-20)26(44)15-24-14-23(9-10-37-24)32(33,34)35/h3-10,14,18,21-22,25H,11-13,15-17H2,1-2H3,(H2,36,38,39)/b4-3+. The highest BCUT2D eigenvalue weighted by Gasteiger charge is 2.43. The average molecular weight is 619 g/mol. The minimum absolute atomic E-state index is 0.0446. The van der Waals surface area contributed by atoms with Crippen LogP contribution < -0.4 is 5.73 Å². The van der Waals surface area contributed by atoms with Crippen molar-refractivity contribution in [3.8, 4) is 11.3 Å². The number of pyridine rings is 1. The number of hydrogen-bond acceptors (Lipinski definition) is 8. The Morgan fingerprint density at radius 1 is 1.04 bits per heavy atom. The van der Waals surface area contributed by atoms with Crippen LogP contribution >= 0.6 is 0 Å². The van der Waals surface area contributed by atoms with Gasteiger partial charge in [-0.1, -0.05) is 30.3 Å². The quantitative estimate of drug-likeness (QED) is 0.227. The minimum atomic E-state index is -4.51. The molecule has 1 saturated carbocycles. The van der Waals surface area contributed by atoms with Crippen LogP contribution in [0.4, 0.5) is 19.0 Å². The molecule has 2 N–H and O–H groups in total. The summed E-state index contributed by atoms with van der Waals surface area (Å²) >= 11 is 0. The van der Waals surface area contributed by atoms with Crippen molar-refractivity contribution in [1.82, 2.24) is 34.5 Å². The van der Waals surface area contributed by atoms with Gasteiger partial charge in [0.1, 0.15) is 17.8 Å². The van der Waals surface area contributed by atoms with Crippen molar-refractivity contribution in [2.24, 2.45) is 11.8 Å². The number of Topliss-reactive ketones (excluding diaryl/α,β-unsaturated/α-hetero) is 1. The molecule has 2 atom stereocenters. The predicted octanol–water partition coefficient (Wildman–Crippen LogP) is 4.44. The molecule has 1 aliphatic heterocycles. The second-order valence-electron chi connectivity index (χ2n) is 12.0. The highest BCUT2D eigenvalue weighted by Crippen LogP contribution is 2.45. The number of fused-ring (bicyclic) bond motifs is 2. The third kappa shape index (κ3) is 6.30. The zero-order valence-corrected chi connectivity index (χ0v) is 24.9. The first kappa shape index (κ1) is 30.4. The van der Waals surface area contributed by atoms with Crippen molar-refractivity contribution >= 4 is 28.5 Å². The van der Waals surface area contributed by atoms with Crippen molar-refractivity contribution in [3.05, 3.63) is 77.9 Å². The first-order valence-electron chi connectivity index (χ1n) is 14.7. The Bertz CT molecular complexity index is 1750. The van der Waals surface area contributed by atoms with Gasteiger partial charge >= 0.3 is 6.18 Å². The van der Waals surface area contributed by atoms with Crippen LogP contribution in [0.3, 0.4) is 0 Å². The van der Waals surface area contributed by atoms with Gasteiger partial charge in [0, 0.05) is 48.7 Å². The Kier molecular flexibility index (Phi) is 8.12. The largest absolute Gasteiger partial charge is 0.416 e. The lowest BCUT2D eigenvalue weighted by Gasteiger charge is -2.18.